The number of H-pyrrole nitrogens is 1. The van der Waals surface area contributed by atoms with Crippen LogP contribution < -0.4 is 20.7 Å². The molecule has 10 nitrogen and oxygen atoms in total. The van der Waals surface area contributed by atoms with Crippen LogP contribution in [0.5, 0.6) is 5.75 Å². The predicted molar refractivity (Wildman–Crippen MR) is 135 cm³/mol. The van der Waals surface area contributed by atoms with E-state index in [0.717, 1.165) is 30.4 Å². The van der Waals surface area contributed by atoms with Crippen LogP contribution in [0.15, 0.2) is 55.0 Å². The topological polar surface area (TPSA) is 138 Å². The van der Waals surface area contributed by atoms with Gasteiger partial charge in [0.2, 0.25) is 0 Å². The molecule has 0 spiro atoms. The Bertz CT molecular complexity index is 1550. The van der Waals surface area contributed by atoms with Crippen LogP contribution in [0, 0.1) is 0 Å². The Labute approximate surface area is 211 Å². The number of hydrogen-bond donors (Lipinski definition) is 4. The molecule has 4 aromatic rings. The van der Waals surface area contributed by atoms with Crippen molar-refractivity contribution in [2.75, 3.05) is 11.9 Å². The zero-order chi connectivity index (χ0) is 25.4. The van der Waals surface area contributed by atoms with Crippen molar-refractivity contribution in [3.8, 4) is 5.75 Å². The summed E-state index contributed by atoms with van der Waals surface area (Å²) < 4.78 is 5.37. The summed E-state index contributed by atoms with van der Waals surface area (Å²) in [4.78, 5) is 49.2. The first-order valence-corrected chi connectivity index (χ1v) is 12.1. The van der Waals surface area contributed by atoms with E-state index in [2.05, 4.69) is 43.0 Å². The van der Waals surface area contributed by atoms with Crippen molar-refractivity contribution in [2.45, 2.75) is 31.8 Å². The summed E-state index contributed by atoms with van der Waals surface area (Å²) in [7, 11) is 0. The number of anilines is 1. The van der Waals surface area contributed by atoms with Crippen LogP contribution in [0.4, 0.5) is 5.69 Å². The number of aromatic amines is 1. The lowest BCUT2D eigenvalue weighted by atomic mass is 9.87. The number of amides is 3. The van der Waals surface area contributed by atoms with Gasteiger partial charge in [0.1, 0.15) is 17.6 Å². The Kier molecular flexibility index (Phi) is 5.76. The molecule has 10 heteroatoms. The number of nitrogens with zero attached hydrogens (tertiary/aromatic N) is 2. The van der Waals surface area contributed by atoms with Crippen LogP contribution in [0.2, 0.25) is 0 Å². The van der Waals surface area contributed by atoms with E-state index in [1.54, 1.807) is 18.3 Å². The number of carbonyl (C=O) groups is 3. The first-order chi connectivity index (χ1) is 18.1. The van der Waals surface area contributed by atoms with E-state index in [1.807, 2.05) is 18.2 Å². The highest BCUT2D eigenvalue weighted by Crippen LogP contribution is 2.31. The Morgan fingerprint density at radius 1 is 1.11 bits per heavy atom. The molecule has 1 aliphatic heterocycles. The van der Waals surface area contributed by atoms with Gasteiger partial charge in [-0.1, -0.05) is 30.3 Å². The van der Waals surface area contributed by atoms with Crippen molar-refractivity contribution in [2.24, 2.45) is 0 Å². The molecule has 0 unspecified atom stereocenters. The molecule has 37 heavy (non-hydrogen) atoms. The van der Waals surface area contributed by atoms with Gasteiger partial charge in [-0.3, -0.25) is 14.4 Å². The molecule has 3 amide bonds. The van der Waals surface area contributed by atoms with Crippen molar-refractivity contribution >= 4 is 34.4 Å². The monoisotopic (exact) mass is 496 g/mol. The number of carbonyl (C=O) groups excluding carboxylic acids is 3. The third-order valence-corrected chi connectivity index (χ3v) is 6.73. The summed E-state index contributed by atoms with van der Waals surface area (Å²) in [5.74, 6) is -0.311. The van der Waals surface area contributed by atoms with Crippen LogP contribution >= 0.6 is 0 Å². The van der Waals surface area contributed by atoms with E-state index in [-0.39, 0.29) is 36.7 Å². The van der Waals surface area contributed by atoms with Gasteiger partial charge in [0, 0.05) is 12.7 Å². The number of hydrogen-bond acceptors (Lipinski definition) is 6. The standard InChI is InChI=1S/C27H24N6O4/c34-22-13-37-21-9-8-15(10-20(21)32-22)11-29-27(36)25-24-23(30-14-31-25)18(12-28-24)26(35)33-19-7-3-5-16-4-1-2-6-17(16)19/h1-2,4,6,8-10,12,14,19,28H,3,5,7,11,13H2,(H,29,36)(H,32,34)(H,33,35)/t19-/m1/s1. The molecule has 0 radical (unpaired) electrons. The molecule has 4 N–H and O–H groups in total. The summed E-state index contributed by atoms with van der Waals surface area (Å²) in [6.45, 7) is 0.194. The Morgan fingerprint density at radius 2 is 2.00 bits per heavy atom. The minimum absolute atomic E-state index is 0.0170. The highest BCUT2D eigenvalue weighted by atomic mass is 16.5. The van der Waals surface area contributed by atoms with Gasteiger partial charge in [0.05, 0.1) is 22.8 Å². The van der Waals surface area contributed by atoms with E-state index >= 15 is 0 Å². The van der Waals surface area contributed by atoms with E-state index in [9.17, 15) is 14.4 Å². The fraction of sp³-hybridized carbons (Fsp3) is 0.222. The zero-order valence-electron chi connectivity index (χ0n) is 19.8. The maximum absolute atomic E-state index is 13.2. The highest BCUT2D eigenvalue weighted by molar-refractivity contribution is 6.10. The van der Waals surface area contributed by atoms with Gasteiger partial charge in [-0.2, -0.15) is 0 Å². The van der Waals surface area contributed by atoms with Crippen LogP contribution in [-0.2, 0) is 17.8 Å². The van der Waals surface area contributed by atoms with E-state index in [4.69, 9.17) is 4.74 Å². The number of ether oxygens (including phenoxy) is 1. The molecular formula is C27H24N6O4. The molecule has 0 bridgehead atoms. The predicted octanol–water partition coefficient (Wildman–Crippen LogP) is 3.03. The third kappa shape index (κ3) is 4.37. The highest BCUT2D eigenvalue weighted by Gasteiger charge is 2.25. The van der Waals surface area contributed by atoms with Gasteiger partial charge >= 0.3 is 0 Å². The molecule has 2 aliphatic rings. The number of rotatable bonds is 5. The van der Waals surface area contributed by atoms with Crippen molar-refractivity contribution in [3.63, 3.8) is 0 Å². The second-order valence-electron chi connectivity index (χ2n) is 9.12. The molecule has 2 aromatic carbocycles. The molecule has 2 aromatic heterocycles. The fourth-order valence-corrected chi connectivity index (χ4v) is 4.93. The zero-order valence-corrected chi connectivity index (χ0v) is 19.8. The average molecular weight is 497 g/mol. The lowest BCUT2D eigenvalue weighted by Gasteiger charge is -2.26. The molecule has 3 heterocycles. The third-order valence-electron chi connectivity index (χ3n) is 6.73. The van der Waals surface area contributed by atoms with Gasteiger partial charge in [0.25, 0.3) is 17.7 Å². The maximum atomic E-state index is 13.2. The Hall–Kier alpha value is -4.73. The van der Waals surface area contributed by atoms with Crippen LogP contribution in [-0.4, -0.2) is 39.3 Å². The molecule has 1 aliphatic carbocycles. The maximum Gasteiger partial charge on any atom is 0.272 e. The summed E-state index contributed by atoms with van der Waals surface area (Å²) in [5.41, 5.74) is 5.02. The summed E-state index contributed by atoms with van der Waals surface area (Å²) in [5, 5.41) is 8.72. The molecular weight excluding hydrogens is 472 g/mol. The largest absolute Gasteiger partial charge is 0.482 e. The van der Waals surface area contributed by atoms with Crippen molar-refractivity contribution in [1.82, 2.24) is 25.6 Å². The molecule has 1 atom stereocenters. The van der Waals surface area contributed by atoms with Crippen LogP contribution in [0.3, 0.4) is 0 Å². The Balaban J connectivity index is 1.18. The number of aromatic nitrogens is 3. The second kappa shape index (κ2) is 9.38. The number of aryl methyl sites for hydroxylation is 1. The lowest BCUT2D eigenvalue weighted by molar-refractivity contribution is -0.118. The van der Waals surface area contributed by atoms with E-state index in [0.29, 0.717) is 28.0 Å². The van der Waals surface area contributed by atoms with Crippen molar-refractivity contribution in [3.05, 3.63) is 82.9 Å². The van der Waals surface area contributed by atoms with Gasteiger partial charge in [-0.05, 0) is 48.1 Å². The van der Waals surface area contributed by atoms with Gasteiger partial charge in [0.15, 0.2) is 12.3 Å². The van der Waals surface area contributed by atoms with E-state index < -0.39 is 5.91 Å². The molecule has 0 fully saturated rings. The minimum Gasteiger partial charge on any atom is -0.482 e. The SMILES string of the molecule is O=C1COc2ccc(CNC(=O)c3ncnc4c(C(=O)N[C@@H]5CCCc6ccccc65)c[nH]c34)cc2N1. The first kappa shape index (κ1) is 22.7. The summed E-state index contributed by atoms with van der Waals surface area (Å²) in [6.07, 6.45) is 5.73. The first-order valence-electron chi connectivity index (χ1n) is 12.1. The fourth-order valence-electron chi connectivity index (χ4n) is 4.93. The van der Waals surface area contributed by atoms with Crippen LogP contribution in [0.25, 0.3) is 11.0 Å². The second-order valence-corrected chi connectivity index (χ2v) is 9.12. The van der Waals surface area contributed by atoms with Gasteiger partial charge in [-0.15, -0.1) is 0 Å². The van der Waals surface area contributed by atoms with Crippen molar-refractivity contribution < 1.29 is 19.1 Å². The van der Waals surface area contributed by atoms with Crippen molar-refractivity contribution in [1.29, 1.82) is 0 Å². The molecule has 0 saturated heterocycles. The summed E-state index contributed by atoms with van der Waals surface area (Å²) >= 11 is 0. The smallest absolute Gasteiger partial charge is 0.272 e. The normalized spacial score (nSPS) is 16.2. The van der Waals surface area contributed by atoms with Gasteiger partial charge < -0.3 is 25.7 Å². The van der Waals surface area contributed by atoms with E-state index in [1.165, 1.54) is 11.9 Å². The minimum atomic E-state index is -0.416. The lowest BCUT2D eigenvalue weighted by Crippen LogP contribution is -2.31. The number of benzene rings is 2. The molecule has 0 saturated carbocycles. The number of fused-ring (bicyclic) bond motifs is 3. The quantitative estimate of drug-likeness (QED) is 0.335. The average Bonchev–Trinajstić information content (AvgIpc) is 3.36. The number of nitrogens with one attached hydrogen (secondary N) is 4. The molecule has 186 valence electrons. The van der Waals surface area contributed by atoms with Gasteiger partial charge in [-0.25, -0.2) is 9.97 Å². The Morgan fingerprint density at radius 3 is 2.92 bits per heavy atom. The summed E-state index contributed by atoms with van der Waals surface area (Å²) in [6, 6.07) is 13.4. The van der Waals surface area contributed by atoms with Crippen LogP contribution in [0.1, 0.15) is 56.4 Å². The molecule has 6 rings (SSSR count).